The fourth-order valence-corrected chi connectivity index (χ4v) is 5.68. The molecule has 1 N–H and O–H groups in total. The Labute approximate surface area is 204 Å². The lowest BCUT2D eigenvalue weighted by Gasteiger charge is -2.11. The highest BCUT2D eigenvalue weighted by atomic mass is 35.5. The molecule has 0 aliphatic carbocycles. The molecule has 172 valence electrons. The smallest absolute Gasteiger partial charge is 0.337 e. The lowest BCUT2D eigenvalue weighted by atomic mass is 9.96. The quantitative estimate of drug-likeness (QED) is 0.361. The van der Waals surface area contributed by atoms with Crippen molar-refractivity contribution in [2.75, 3.05) is 0 Å². The molecule has 1 aliphatic heterocycles. The summed E-state index contributed by atoms with van der Waals surface area (Å²) in [6.07, 6.45) is 0. The number of aromatic nitrogens is 3. The molecule has 2 aromatic heterocycles. The molecule has 0 radical (unpaired) electrons. The van der Waals surface area contributed by atoms with Crippen molar-refractivity contribution in [3.8, 4) is 16.1 Å². The first-order valence-corrected chi connectivity index (χ1v) is 11.8. The molecule has 3 heterocycles. The third-order valence-electron chi connectivity index (χ3n) is 6.11. The number of halogens is 2. The maximum Gasteiger partial charge on any atom is 0.337 e. The van der Waals surface area contributed by atoms with Crippen LogP contribution in [0.5, 0.6) is 0 Å². The van der Waals surface area contributed by atoms with Crippen LogP contribution in [0.15, 0.2) is 41.4 Å². The Balaban J connectivity index is 1.62. The number of hydrogen-bond donors (Lipinski definition) is 1. The number of carboxylic acids is 1. The summed E-state index contributed by atoms with van der Waals surface area (Å²) < 4.78 is 16.8. The molecule has 1 aliphatic rings. The van der Waals surface area contributed by atoms with Gasteiger partial charge in [-0.1, -0.05) is 35.9 Å². The fraction of sp³-hybridized carbons (Fsp3) is 0.200. The van der Waals surface area contributed by atoms with E-state index in [1.807, 2.05) is 26.0 Å². The van der Waals surface area contributed by atoms with Gasteiger partial charge in [-0.3, -0.25) is 9.56 Å². The zero-order valence-electron chi connectivity index (χ0n) is 18.8. The summed E-state index contributed by atoms with van der Waals surface area (Å²) in [7, 11) is 0. The van der Waals surface area contributed by atoms with E-state index in [4.69, 9.17) is 16.6 Å². The average molecular weight is 495 g/mol. The van der Waals surface area contributed by atoms with Crippen LogP contribution in [0, 0.1) is 26.6 Å². The van der Waals surface area contributed by atoms with Gasteiger partial charge in [-0.2, -0.15) is 0 Å². The van der Waals surface area contributed by atoms with E-state index in [9.17, 15) is 14.3 Å². The second-order valence-electron chi connectivity index (χ2n) is 8.25. The van der Waals surface area contributed by atoms with Gasteiger partial charge in [0.15, 0.2) is 5.82 Å². The standard InChI is InChI=1S/C25H20ClFN4O2S/c1-11-13(3)34-24-21(11)22(28-12(2)23-30-29-14(4)31(23)24)16-7-5-15(6-8-16)17-9-19(26)18(25(32)33)10-20(17)27/h5-10,12H,1-4H3,(H,32,33). The summed E-state index contributed by atoms with van der Waals surface area (Å²) in [5, 5.41) is 18.8. The zero-order chi connectivity index (χ0) is 24.3. The lowest BCUT2D eigenvalue weighted by Crippen LogP contribution is -2.07. The number of carboxylic acid groups (broad SMARTS) is 1. The number of nitrogens with zero attached hydrogens (tertiary/aromatic N) is 4. The van der Waals surface area contributed by atoms with Crippen LogP contribution in [0.4, 0.5) is 4.39 Å². The molecular weight excluding hydrogens is 475 g/mol. The maximum atomic E-state index is 14.7. The third kappa shape index (κ3) is 3.45. The van der Waals surface area contributed by atoms with Crippen LogP contribution in [0.25, 0.3) is 16.1 Å². The predicted octanol–water partition coefficient (Wildman–Crippen LogP) is 6.32. The monoisotopic (exact) mass is 494 g/mol. The Morgan fingerprint density at radius 2 is 1.79 bits per heavy atom. The summed E-state index contributed by atoms with van der Waals surface area (Å²) >= 11 is 7.77. The van der Waals surface area contributed by atoms with Crippen molar-refractivity contribution < 1.29 is 14.3 Å². The molecule has 5 rings (SSSR count). The minimum absolute atomic E-state index is 0.0117. The molecule has 1 atom stereocenters. The van der Waals surface area contributed by atoms with Crippen molar-refractivity contribution in [3.63, 3.8) is 0 Å². The third-order valence-corrected chi connectivity index (χ3v) is 7.61. The SMILES string of the molecule is Cc1sc2c(c1C)C(c1ccc(-c3cc(Cl)c(C(=O)O)cc3F)cc1)=NC(C)c1nnc(C)n1-2. The van der Waals surface area contributed by atoms with E-state index in [2.05, 4.69) is 28.6 Å². The van der Waals surface area contributed by atoms with Gasteiger partial charge in [0.05, 0.1) is 16.3 Å². The first kappa shape index (κ1) is 22.4. The van der Waals surface area contributed by atoms with Gasteiger partial charge >= 0.3 is 5.97 Å². The number of aliphatic imine (C=N–C) groups is 1. The molecule has 0 bridgehead atoms. The summed E-state index contributed by atoms with van der Waals surface area (Å²) in [6.45, 7) is 8.11. The van der Waals surface area contributed by atoms with Gasteiger partial charge in [0, 0.05) is 21.6 Å². The van der Waals surface area contributed by atoms with Gasteiger partial charge in [-0.05, 0) is 51.0 Å². The van der Waals surface area contributed by atoms with E-state index in [0.29, 0.717) is 5.56 Å². The number of fused-ring (bicyclic) bond motifs is 3. The molecule has 9 heteroatoms. The van der Waals surface area contributed by atoms with Crippen LogP contribution in [0.3, 0.4) is 0 Å². The summed E-state index contributed by atoms with van der Waals surface area (Å²) in [5.74, 6) is -0.306. The molecule has 6 nitrogen and oxygen atoms in total. The molecule has 4 aromatic rings. The average Bonchev–Trinajstić information content (AvgIpc) is 3.28. The van der Waals surface area contributed by atoms with Crippen LogP contribution < -0.4 is 0 Å². The van der Waals surface area contributed by atoms with Crippen LogP contribution in [0.1, 0.15) is 56.5 Å². The highest BCUT2D eigenvalue weighted by Gasteiger charge is 2.29. The fourth-order valence-electron chi connectivity index (χ4n) is 4.22. The highest BCUT2D eigenvalue weighted by Crippen LogP contribution is 2.39. The van der Waals surface area contributed by atoms with Crippen molar-refractivity contribution in [3.05, 3.63) is 86.0 Å². The van der Waals surface area contributed by atoms with Crippen molar-refractivity contribution in [2.45, 2.75) is 33.7 Å². The van der Waals surface area contributed by atoms with Crippen LogP contribution in [-0.4, -0.2) is 31.6 Å². The number of rotatable bonds is 3. The molecule has 1 unspecified atom stereocenters. The first-order chi connectivity index (χ1) is 16.2. The van der Waals surface area contributed by atoms with Gasteiger partial charge in [0.1, 0.15) is 22.7 Å². The van der Waals surface area contributed by atoms with Gasteiger partial charge in [-0.25, -0.2) is 9.18 Å². The van der Waals surface area contributed by atoms with Gasteiger partial charge in [0.25, 0.3) is 0 Å². The highest BCUT2D eigenvalue weighted by molar-refractivity contribution is 7.15. The number of aromatic carboxylic acids is 1. The summed E-state index contributed by atoms with van der Waals surface area (Å²) in [5.41, 5.74) is 4.50. The number of benzene rings is 2. The second kappa shape index (κ2) is 8.14. The van der Waals surface area contributed by atoms with E-state index in [1.165, 1.54) is 10.9 Å². The lowest BCUT2D eigenvalue weighted by molar-refractivity contribution is 0.0696. The molecule has 0 spiro atoms. The predicted molar refractivity (Wildman–Crippen MR) is 131 cm³/mol. The normalized spacial score (nSPS) is 14.9. The molecule has 0 saturated heterocycles. The first-order valence-electron chi connectivity index (χ1n) is 10.6. The molecule has 2 aromatic carbocycles. The summed E-state index contributed by atoms with van der Waals surface area (Å²) in [6, 6.07) is 9.48. The van der Waals surface area contributed by atoms with Crippen molar-refractivity contribution in [2.24, 2.45) is 4.99 Å². The van der Waals surface area contributed by atoms with E-state index < -0.39 is 11.8 Å². The Morgan fingerprint density at radius 3 is 2.47 bits per heavy atom. The minimum atomic E-state index is -1.27. The molecular formula is C25H20ClFN4O2S. The van der Waals surface area contributed by atoms with Gasteiger partial charge < -0.3 is 5.11 Å². The van der Waals surface area contributed by atoms with Crippen LogP contribution in [-0.2, 0) is 0 Å². The topological polar surface area (TPSA) is 80.4 Å². The summed E-state index contributed by atoms with van der Waals surface area (Å²) in [4.78, 5) is 17.4. The van der Waals surface area contributed by atoms with Gasteiger partial charge in [0.2, 0.25) is 0 Å². The number of thiophene rings is 1. The Hall–Kier alpha value is -3.36. The van der Waals surface area contributed by atoms with Crippen LogP contribution in [0.2, 0.25) is 5.02 Å². The van der Waals surface area contributed by atoms with Gasteiger partial charge in [-0.15, -0.1) is 21.5 Å². The Kier molecular flexibility index (Phi) is 5.37. The molecule has 0 amide bonds. The Bertz CT molecular complexity index is 1500. The minimum Gasteiger partial charge on any atom is -0.478 e. The van der Waals surface area contributed by atoms with Crippen molar-refractivity contribution in [1.82, 2.24) is 14.8 Å². The molecule has 0 saturated carbocycles. The number of aryl methyl sites for hydroxylation is 2. The largest absolute Gasteiger partial charge is 0.478 e. The maximum absolute atomic E-state index is 14.7. The molecule has 34 heavy (non-hydrogen) atoms. The van der Waals surface area contributed by atoms with E-state index >= 15 is 0 Å². The number of carbonyl (C=O) groups is 1. The van der Waals surface area contributed by atoms with E-state index in [0.717, 1.165) is 45.1 Å². The van der Waals surface area contributed by atoms with E-state index in [1.54, 1.807) is 23.5 Å². The Morgan fingerprint density at radius 1 is 1.12 bits per heavy atom. The van der Waals surface area contributed by atoms with Crippen molar-refractivity contribution in [1.29, 1.82) is 0 Å². The second-order valence-corrected chi connectivity index (χ2v) is 9.86. The van der Waals surface area contributed by atoms with Crippen molar-refractivity contribution >= 4 is 34.6 Å². The van der Waals surface area contributed by atoms with Crippen LogP contribution >= 0.6 is 22.9 Å². The number of hydrogen-bond acceptors (Lipinski definition) is 5. The van der Waals surface area contributed by atoms with E-state index in [-0.39, 0.29) is 22.2 Å². The zero-order valence-corrected chi connectivity index (χ0v) is 20.4. The molecule has 0 fully saturated rings.